The van der Waals surface area contributed by atoms with Gasteiger partial charge in [-0.05, 0) is 80.9 Å². The van der Waals surface area contributed by atoms with Crippen LogP contribution in [0.4, 0.5) is 0 Å². The smallest absolute Gasteiger partial charge is 0.356 e. The first-order valence-corrected chi connectivity index (χ1v) is 17.9. The average Bonchev–Trinajstić information content (AvgIpc) is 3.26. The number of hydrogen-bond acceptors (Lipinski definition) is 5. The third kappa shape index (κ3) is 7.64. The molecule has 0 amide bonds. The van der Waals surface area contributed by atoms with Crippen LogP contribution < -0.4 is 9.47 Å². The van der Waals surface area contributed by atoms with E-state index >= 15 is 0 Å². The molecule has 0 fully saturated rings. The minimum atomic E-state index is -2.25. The van der Waals surface area contributed by atoms with Gasteiger partial charge >= 0.3 is 5.97 Å². The lowest BCUT2D eigenvalue weighted by atomic mass is 9.89. The molecule has 1 heterocycles. The van der Waals surface area contributed by atoms with Crippen LogP contribution in [0.15, 0.2) is 42.5 Å². The molecule has 2 atom stereocenters. The van der Waals surface area contributed by atoms with E-state index in [1.807, 2.05) is 31.5 Å². The van der Waals surface area contributed by atoms with Crippen molar-refractivity contribution in [2.45, 2.75) is 98.0 Å². The molecule has 1 aromatic heterocycles. The molecular formula is C34H50N2O5Si. The summed E-state index contributed by atoms with van der Waals surface area (Å²) >= 11 is 0. The first kappa shape index (κ1) is 33.4. The molecule has 42 heavy (non-hydrogen) atoms. The predicted molar refractivity (Wildman–Crippen MR) is 171 cm³/mol. The molecule has 0 aliphatic carbocycles. The number of hydrogen-bond donors (Lipinski definition) is 1. The summed E-state index contributed by atoms with van der Waals surface area (Å²) in [4.78, 5) is 12.1. The third-order valence-electron chi connectivity index (χ3n) is 8.94. The highest BCUT2D eigenvalue weighted by molar-refractivity contribution is 6.74. The summed E-state index contributed by atoms with van der Waals surface area (Å²) in [5.41, 5.74) is 5.06. The molecule has 0 aliphatic heterocycles. The van der Waals surface area contributed by atoms with Crippen molar-refractivity contribution in [3.8, 4) is 11.5 Å². The van der Waals surface area contributed by atoms with Crippen molar-refractivity contribution < 1.29 is 23.8 Å². The summed E-state index contributed by atoms with van der Waals surface area (Å²) < 4.78 is 20.7. The predicted octanol–water partition coefficient (Wildman–Crippen LogP) is 8.18. The van der Waals surface area contributed by atoms with Gasteiger partial charge in [-0.3, -0.25) is 4.68 Å². The molecule has 230 valence electrons. The molecule has 8 heteroatoms. The van der Waals surface area contributed by atoms with Gasteiger partial charge in [-0.25, -0.2) is 4.79 Å². The second-order valence-corrected chi connectivity index (χ2v) is 17.5. The van der Waals surface area contributed by atoms with Crippen LogP contribution in [0.5, 0.6) is 11.5 Å². The topological polar surface area (TPSA) is 82.8 Å². The monoisotopic (exact) mass is 594 g/mol. The van der Waals surface area contributed by atoms with E-state index in [2.05, 4.69) is 75.4 Å². The first-order chi connectivity index (χ1) is 19.7. The molecule has 0 spiro atoms. The molecule has 1 N–H and O–H groups in total. The second-order valence-electron chi connectivity index (χ2n) is 12.7. The minimum absolute atomic E-state index is 0.00776. The SMILES string of the molecule is CCc1c(C(=O)O)nn(C[C@@H](CCCc2ccccc2)C(O[Si](C)(C)C(C)(C)C)c2cc(OC)c(C)c(OC)c2)c1C. The van der Waals surface area contributed by atoms with E-state index in [4.69, 9.17) is 13.9 Å². The maximum atomic E-state index is 12.1. The zero-order chi connectivity index (χ0) is 31.2. The van der Waals surface area contributed by atoms with E-state index < -0.39 is 14.3 Å². The highest BCUT2D eigenvalue weighted by Gasteiger charge is 2.42. The maximum Gasteiger partial charge on any atom is 0.356 e. The number of carbonyl (C=O) groups is 1. The molecule has 7 nitrogen and oxygen atoms in total. The highest BCUT2D eigenvalue weighted by atomic mass is 28.4. The third-order valence-corrected chi connectivity index (χ3v) is 13.4. The Labute approximate surface area is 253 Å². The zero-order valence-electron chi connectivity index (χ0n) is 27.2. The van der Waals surface area contributed by atoms with Crippen LogP contribution in [0.2, 0.25) is 18.1 Å². The lowest BCUT2D eigenvalue weighted by Gasteiger charge is -2.42. The van der Waals surface area contributed by atoms with Gasteiger partial charge < -0.3 is 19.0 Å². The molecule has 0 saturated heterocycles. The summed E-state index contributed by atoms with van der Waals surface area (Å²) in [6.45, 7) is 17.8. The molecule has 0 bridgehead atoms. The van der Waals surface area contributed by atoms with E-state index in [9.17, 15) is 9.90 Å². The molecule has 1 unspecified atom stereocenters. The van der Waals surface area contributed by atoms with Crippen molar-refractivity contribution in [2.75, 3.05) is 14.2 Å². The van der Waals surface area contributed by atoms with Gasteiger partial charge in [0.05, 0.1) is 20.3 Å². The summed E-state index contributed by atoms with van der Waals surface area (Å²) in [5.74, 6) is 0.544. The van der Waals surface area contributed by atoms with Crippen molar-refractivity contribution in [1.82, 2.24) is 9.78 Å². The number of carboxylic acid groups (broad SMARTS) is 1. The zero-order valence-corrected chi connectivity index (χ0v) is 28.2. The number of nitrogens with zero attached hydrogens (tertiary/aromatic N) is 2. The minimum Gasteiger partial charge on any atom is -0.496 e. The largest absolute Gasteiger partial charge is 0.496 e. The van der Waals surface area contributed by atoms with E-state index in [0.29, 0.717) is 13.0 Å². The van der Waals surface area contributed by atoms with Crippen LogP contribution in [0.3, 0.4) is 0 Å². The Morgan fingerprint density at radius 1 is 1.05 bits per heavy atom. The molecule has 3 rings (SSSR count). The van der Waals surface area contributed by atoms with Gasteiger partial charge in [0, 0.05) is 29.3 Å². The normalized spacial score (nSPS) is 13.6. The Hall–Kier alpha value is -3.10. The van der Waals surface area contributed by atoms with Crippen molar-refractivity contribution in [2.24, 2.45) is 5.92 Å². The van der Waals surface area contributed by atoms with Gasteiger partial charge in [-0.1, -0.05) is 58.0 Å². The lowest BCUT2D eigenvalue weighted by Crippen LogP contribution is -2.43. The maximum absolute atomic E-state index is 12.1. The number of aromatic carboxylic acids is 1. The van der Waals surface area contributed by atoms with Crippen LogP contribution in [0.25, 0.3) is 0 Å². The van der Waals surface area contributed by atoms with Crippen LogP contribution in [-0.4, -0.2) is 43.4 Å². The molecule has 3 aromatic rings. The molecule has 2 aromatic carbocycles. The van der Waals surface area contributed by atoms with Crippen molar-refractivity contribution in [1.29, 1.82) is 0 Å². The van der Waals surface area contributed by atoms with E-state index in [0.717, 1.165) is 53.1 Å². The summed E-state index contributed by atoms with van der Waals surface area (Å²) in [6, 6.07) is 14.7. The van der Waals surface area contributed by atoms with Crippen molar-refractivity contribution >= 4 is 14.3 Å². The fourth-order valence-corrected chi connectivity index (χ4v) is 6.65. The summed E-state index contributed by atoms with van der Waals surface area (Å²) in [5, 5.41) is 14.5. The lowest BCUT2D eigenvalue weighted by molar-refractivity contribution is 0.0686. The number of rotatable bonds is 14. The fraction of sp³-hybridized carbons (Fsp3) is 0.529. The highest BCUT2D eigenvalue weighted by Crippen LogP contribution is 2.45. The Morgan fingerprint density at radius 2 is 1.64 bits per heavy atom. The molecular weight excluding hydrogens is 544 g/mol. The van der Waals surface area contributed by atoms with Crippen LogP contribution in [0, 0.1) is 19.8 Å². The number of aromatic nitrogens is 2. The molecule has 0 saturated carbocycles. The number of methoxy groups -OCH3 is 2. The number of aryl methyl sites for hydroxylation is 1. The Kier molecular flexibility index (Phi) is 11.1. The summed E-state index contributed by atoms with van der Waals surface area (Å²) in [7, 11) is 1.11. The van der Waals surface area contributed by atoms with Gasteiger partial charge in [0.2, 0.25) is 0 Å². The van der Waals surface area contributed by atoms with E-state index in [1.165, 1.54) is 5.56 Å². The van der Waals surface area contributed by atoms with Crippen molar-refractivity contribution in [3.63, 3.8) is 0 Å². The van der Waals surface area contributed by atoms with Crippen LogP contribution in [0.1, 0.15) is 85.1 Å². The number of ether oxygens (including phenoxy) is 2. The van der Waals surface area contributed by atoms with E-state index in [-0.39, 0.29) is 22.8 Å². The van der Waals surface area contributed by atoms with Gasteiger partial charge in [0.15, 0.2) is 14.0 Å². The van der Waals surface area contributed by atoms with Gasteiger partial charge in [0.25, 0.3) is 0 Å². The molecule has 0 aliphatic rings. The number of carboxylic acids is 1. The van der Waals surface area contributed by atoms with Crippen LogP contribution in [-0.2, 0) is 23.8 Å². The fourth-order valence-electron chi connectivity index (χ4n) is 5.33. The average molecular weight is 595 g/mol. The van der Waals surface area contributed by atoms with Gasteiger partial charge in [0.1, 0.15) is 11.5 Å². The Bertz CT molecular complexity index is 1320. The standard InChI is InChI=1S/C34H50N2O5Si/c1-11-28-24(3)36(35-31(28)33(37)38)22-26(19-15-18-25-16-13-12-14-17-25)32(41-42(9,10)34(4,5)6)27-20-29(39-7)23(2)30(21-27)40-8/h12-14,16-17,20-21,26,32H,11,15,18-19,22H2,1-10H3,(H,37,38)/t26-,32?/m1/s1. The first-order valence-electron chi connectivity index (χ1n) is 15.0. The Balaban J connectivity index is 2.15. The quantitative estimate of drug-likeness (QED) is 0.190. The van der Waals surface area contributed by atoms with E-state index in [1.54, 1.807) is 14.2 Å². The number of benzene rings is 2. The van der Waals surface area contributed by atoms with Gasteiger partial charge in [-0.2, -0.15) is 5.10 Å². The van der Waals surface area contributed by atoms with Gasteiger partial charge in [-0.15, -0.1) is 0 Å². The van der Waals surface area contributed by atoms with Crippen LogP contribution >= 0.6 is 0 Å². The van der Waals surface area contributed by atoms with Crippen molar-refractivity contribution in [3.05, 3.63) is 76.1 Å². The Morgan fingerprint density at radius 3 is 2.12 bits per heavy atom. The summed E-state index contributed by atoms with van der Waals surface area (Å²) in [6.07, 6.45) is 3.12. The molecule has 0 radical (unpaired) electrons. The second kappa shape index (κ2) is 13.9.